The largest absolute Gasteiger partial charge is 0.394 e. The number of nitrogens with zero attached hydrogens (tertiary/aromatic N) is 2. The molecule has 1 unspecified atom stereocenters. The van der Waals surface area contributed by atoms with Crippen molar-refractivity contribution >= 4 is 11.6 Å². The normalized spacial score (nSPS) is 12.4. The number of nitrogens with one attached hydrogen (secondary N) is 1. The molecule has 22 heavy (non-hydrogen) atoms. The lowest BCUT2D eigenvalue weighted by Crippen LogP contribution is -2.40. The lowest BCUT2D eigenvalue weighted by molar-refractivity contribution is 0.243. The molecule has 1 aromatic heterocycles. The summed E-state index contributed by atoms with van der Waals surface area (Å²) in [5, 5.41) is 13.2. The van der Waals surface area contributed by atoms with Gasteiger partial charge in [0.1, 0.15) is 0 Å². The number of benzene rings is 1. The molecule has 6 nitrogen and oxygen atoms in total. The van der Waals surface area contributed by atoms with E-state index in [0.717, 1.165) is 10.1 Å². The predicted octanol–water partition coefficient (Wildman–Crippen LogP) is 0.561. The van der Waals surface area contributed by atoms with Crippen molar-refractivity contribution < 1.29 is 5.11 Å². The molecule has 0 radical (unpaired) electrons. The average Bonchev–Trinajstić information content (AvgIpc) is 2.52. The van der Waals surface area contributed by atoms with Crippen LogP contribution < -0.4 is 16.6 Å². The van der Waals surface area contributed by atoms with Crippen LogP contribution >= 0.6 is 11.6 Å². The summed E-state index contributed by atoms with van der Waals surface area (Å²) in [7, 11) is 3.03. The summed E-state index contributed by atoms with van der Waals surface area (Å²) < 4.78 is 2.42. The van der Waals surface area contributed by atoms with Crippen LogP contribution in [0.2, 0.25) is 5.02 Å². The van der Waals surface area contributed by atoms with Crippen LogP contribution in [0.15, 0.2) is 40.1 Å². The number of halogens is 1. The van der Waals surface area contributed by atoms with Gasteiger partial charge >= 0.3 is 5.69 Å². The average molecular weight is 324 g/mol. The molecule has 2 aromatic rings. The maximum absolute atomic E-state index is 12.1. The van der Waals surface area contributed by atoms with Gasteiger partial charge in [-0.1, -0.05) is 23.7 Å². The van der Waals surface area contributed by atoms with Gasteiger partial charge in [-0.3, -0.25) is 9.36 Å². The van der Waals surface area contributed by atoms with Gasteiger partial charge in [-0.25, -0.2) is 4.79 Å². The minimum absolute atomic E-state index is 0.117. The van der Waals surface area contributed by atoms with E-state index in [1.807, 2.05) is 12.1 Å². The van der Waals surface area contributed by atoms with Crippen LogP contribution in [-0.4, -0.2) is 20.8 Å². The Morgan fingerprint density at radius 3 is 2.45 bits per heavy atom. The van der Waals surface area contributed by atoms with E-state index in [1.165, 1.54) is 17.8 Å². The van der Waals surface area contributed by atoms with Crippen LogP contribution in [-0.2, 0) is 20.6 Å². The van der Waals surface area contributed by atoms with Crippen LogP contribution in [0.1, 0.15) is 17.2 Å². The summed E-state index contributed by atoms with van der Waals surface area (Å²) in [6, 6.07) is 6.79. The fourth-order valence-electron chi connectivity index (χ4n) is 2.22. The number of aliphatic hydroxyl groups is 1. The summed E-state index contributed by atoms with van der Waals surface area (Å²) in [6.45, 7) is 0.127. The summed E-state index contributed by atoms with van der Waals surface area (Å²) in [5.74, 6) is 0. The molecule has 0 bridgehead atoms. The zero-order valence-electron chi connectivity index (χ0n) is 12.4. The van der Waals surface area contributed by atoms with Crippen molar-refractivity contribution in [1.82, 2.24) is 14.5 Å². The molecule has 0 aliphatic carbocycles. The highest BCUT2D eigenvalue weighted by atomic mass is 35.5. The molecule has 1 atom stereocenters. The highest BCUT2D eigenvalue weighted by Gasteiger charge is 2.12. The fourth-order valence-corrected chi connectivity index (χ4v) is 2.35. The van der Waals surface area contributed by atoms with Crippen LogP contribution in [0.4, 0.5) is 0 Å². The smallest absolute Gasteiger partial charge is 0.330 e. The van der Waals surface area contributed by atoms with Crippen molar-refractivity contribution in [2.24, 2.45) is 14.1 Å². The van der Waals surface area contributed by atoms with Crippen molar-refractivity contribution in [3.8, 4) is 0 Å². The minimum Gasteiger partial charge on any atom is -0.394 e. The van der Waals surface area contributed by atoms with Gasteiger partial charge in [0, 0.05) is 37.4 Å². The third-order valence-corrected chi connectivity index (χ3v) is 3.76. The molecule has 7 heteroatoms. The maximum Gasteiger partial charge on any atom is 0.330 e. The van der Waals surface area contributed by atoms with Crippen molar-refractivity contribution in [2.45, 2.75) is 12.6 Å². The van der Waals surface area contributed by atoms with E-state index in [-0.39, 0.29) is 30.4 Å². The Balaban J connectivity index is 2.19. The molecule has 1 heterocycles. The van der Waals surface area contributed by atoms with E-state index in [4.69, 9.17) is 11.6 Å². The molecule has 1 aromatic carbocycles. The summed E-state index contributed by atoms with van der Waals surface area (Å²) in [6.07, 6.45) is 1.51. The molecule has 0 amide bonds. The first-order valence-corrected chi connectivity index (χ1v) is 7.17. The third-order valence-electron chi connectivity index (χ3n) is 3.51. The minimum atomic E-state index is -0.370. The van der Waals surface area contributed by atoms with E-state index in [9.17, 15) is 14.7 Å². The second kappa shape index (κ2) is 6.91. The lowest BCUT2D eigenvalue weighted by Gasteiger charge is -2.17. The quantitative estimate of drug-likeness (QED) is 0.843. The van der Waals surface area contributed by atoms with E-state index < -0.39 is 0 Å². The highest BCUT2D eigenvalue weighted by molar-refractivity contribution is 6.30. The zero-order valence-corrected chi connectivity index (χ0v) is 13.2. The van der Waals surface area contributed by atoms with Gasteiger partial charge in [0.15, 0.2) is 0 Å². The molecule has 2 rings (SSSR count). The SMILES string of the molecule is Cn1cc(CNC(CO)c2ccc(Cl)cc2)c(=O)n(C)c1=O. The number of aryl methyl sites for hydroxylation is 1. The first-order chi connectivity index (χ1) is 10.4. The van der Waals surface area contributed by atoms with Gasteiger partial charge < -0.3 is 15.0 Å². The standard InChI is InChI=1S/C15H18ClN3O3/c1-18-8-11(14(21)19(2)15(18)22)7-17-13(9-20)10-3-5-12(16)6-4-10/h3-6,8,13,17,20H,7,9H2,1-2H3. The second-order valence-electron chi connectivity index (χ2n) is 5.08. The number of aliphatic hydroxyl groups excluding tert-OH is 1. The Kier molecular flexibility index (Phi) is 5.18. The molecule has 0 aliphatic rings. The van der Waals surface area contributed by atoms with E-state index >= 15 is 0 Å². The Labute approximate surface area is 132 Å². The molecule has 0 aliphatic heterocycles. The topological polar surface area (TPSA) is 76.3 Å². The number of aromatic nitrogens is 2. The van der Waals surface area contributed by atoms with Crippen LogP contribution in [0.3, 0.4) is 0 Å². The Hall–Kier alpha value is -1.89. The Morgan fingerprint density at radius 2 is 1.86 bits per heavy atom. The van der Waals surface area contributed by atoms with Gasteiger partial charge in [0.05, 0.1) is 12.6 Å². The van der Waals surface area contributed by atoms with Crippen molar-refractivity contribution in [3.05, 3.63) is 67.4 Å². The third kappa shape index (κ3) is 3.47. The van der Waals surface area contributed by atoms with E-state index in [1.54, 1.807) is 19.2 Å². The lowest BCUT2D eigenvalue weighted by atomic mass is 10.1. The number of hydrogen-bond donors (Lipinski definition) is 2. The molecule has 0 saturated carbocycles. The molecule has 0 spiro atoms. The summed E-state index contributed by atoms with van der Waals surface area (Å²) in [4.78, 5) is 23.7. The van der Waals surface area contributed by atoms with Crippen molar-refractivity contribution in [1.29, 1.82) is 0 Å². The Morgan fingerprint density at radius 1 is 1.23 bits per heavy atom. The number of rotatable bonds is 5. The van der Waals surface area contributed by atoms with E-state index in [0.29, 0.717) is 10.6 Å². The summed E-state index contributed by atoms with van der Waals surface area (Å²) >= 11 is 5.84. The second-order valence-corrected chi connectivity index (χ2v) is 5.52. The molecule has 2 N–H and O–H groups in total. The van der Waals surface area contributed by atoms with Gasteiger partial charge in [0.2, 0.25) is 0 Å². The first kappa shape index (κ1) is 16.5. The number of hydrogen-bond acceptors (Lipinski definition) is 4. The molecular formula is C15H18ClN3O3. The molecule has 0 fully saturated rings. The van der Waals surface area contributed by atoms with Gasteiger partial charge in [-0.15, -0.1) is 0 Å². The fraction of sp³-hybridized carbons (Fsp3) is 0.333. The van der Waals surface area contributed by atoms with Crippen LogP contribution in [0.25, 0.3) is 0 Å². The predicted molar refractivity (Wildman–Crippen MR) is 85.0 cm³/mol. The van der Waals surface area contributed by atoms with Gasteiger partial charge in [-0.2, -0.15) is 0 Å². The molecule has 118 valence electrons. The van der Waals surface area contributed by atoms with E-state index in [2.05, 4.69) is 5.32 Å². The van der Waals surface area contributed by atoms with Crippen LogP contribution in [0.5, 0.6) is 0 Å². The van der Waals surface area contributed by atoms with Crippen LogP contribution in [0, 0.1) is 0 Å². The Bertz CT molecular complexity index is 765. The first-order valence-electron chi connectivity index (χ1n) is 6.79. The van der Waals surface area contributed by atoms with Crippen molar-refractivity contribution in [3.63, 3.8) is 0 Å². The molecule has 0 saturated heterocycles. The van der Waals surface area contributed by atoms with Crippen molar-refractivity contribution in [2.75, 3.05) is 6.61 Å². The zero-order chi connectivity index (χ0) is 16.3. The summed E-state index contributed by atoms with van der Waals surface area (Å²) in [5.41, 5.74) is 0.610. The molecular weight excluding hydrogens is 306 g/mol. The van der Waals surface area contributed by atoms with Gasteiger partial charge in [0.25, 0.3) is 5.56 Å². The van der Waals surface area contributed by atoms with Gasteiger partial charge in [-0.05, 0) is 17.7 Å². The maximum atomic E-state index is 12.1. The highest BCUT2D eigenvalue weighted by Crippen LogP contribution is 2.16. The monoisotopic (exact) mass is 323 g/mol.